The lowest BCUT2D eigenvalue weighted by Crippen LogP contribution is -2.09. The molecule has 2 unspecified atom stereocenters. The number of rotatable bonds is 8. The first-order valence-electron chi connectivity index (χ1n) is 7.62. The van der Waals surface area contributed by atoms with E-state index in [2.05, 4.69) is 34.1 Å². The van der Waals surface area contributed by atoms with Crippen molar-refractivity contribution in [2.75, 3.05) is 19.0 Å². The van der Waals surface area contributed by atoms with Gasteiger partial charge in [0.15, 0.2) is 0 Å². The van der Waals surface area contributed by atoms with Crippen molar-refractivity contribution >= 4 is 15.9 Å². The van der Waals surface area contributed by atoms with Crippen molar-refractivity contribution in [2.24, 2.45) is 5.92 Å². The number of ether oxygens (including phenoxy) is 2. The van der Waals surface area contributed by atoms with Gasteiger partial charge in [-0.1, -0.05) is 34.5 Å². The largest absolute Gasteiger partial charge is 0.497 e. The van der Waals surface area contributed by atoms with Crippen LogP contribution < -0.4 is 4.74 Å². The highest BCUT2D eigenvalue weighted by Gasteiger charge is 2.16. The van der Waals surface area contributed by atoms with Crippen LogP contribution in [0.3, 0.4) is 0 Å². The van der Waals surface area contributed by atoms with E-state index in [0.717, 1.165) is 24.1 Å². The molecule has 1 fully saturated rings. The van der Waals surface area contributed by atoms with Gasteiger partial charge < -0.3 is 9.47 Å². The summed E-state index contributed by atoms with van der Waals surface area (Å²) >= 11 is 3.66. The van der Waals surface area contributed by atoms with Crippen molar-refractivity contribution < 1.29 is 9.47 Å². The third-order valence-corrected chi connectivity index (χ3v) is 4.95. The second kappa shape index (κ2) is 8.68. The molecule has 0 spiro atoms. The normalized spacial score (nSPS) is 20.0. The molecule has 1 heterocycles. The smallest absolute Gasteiger partial charge is 0.119 e. The highest BCUT2D eigenvalue weighted by atomic mass is 79.9. The van der Waals surface area contributed by atoms with Crippen LogP contribution in [0.1, 0.15) is 37.7 Å². The average Bonchev–Trinajstić information content (AvgIpc) is 2.99. The van der Waals surface area contributed by atoms with Crippen LogP contribution in [0.2, 0.25) is 0 Å². The third kappa shape index (κ3) is 5.10. The molecule has 0 N–H and O–H groups in total. The molecule has 1 aromatic carbocycles. The molecule has 0 saturated carbocycles. The zero-order valence-electron chi connectivity index (χ0n) is 12.3. The first-order valence-corrected chi connectivity index (χ1v) is 8.74. The average molecular weight is 341 g/mol. The van der Waals surface area contributed by atoms with Gasteiger partial charge in [-0.25, -0.2) is 0 Å². The van der Waals surface area contributed by atoms with Crippen LogP contribution in [0.5, 0.6) is 5.75 Å². The van der Waals surface area contributed by atoms with Gasteiger partial charge in [0.05, 0.1) is 13.2 Å². The van der Waals surface area contributed by atoms with Crippen LogP contribution in [0.15, 0.2) is 24.3 Å². The minimum atomic E-state index is 0.530. The van der Waals surface area contributed by atoms with Crippen LogP contribution >= 0.6 is 15.9 Å². The first kappa shape index (κ1) is 15.8. The molecule has 2 rings (SSSR count). The second-order valence-corrected chi connectivity index (χ2v) is 6.29. The number of benzene rings is 1. The Labute approximate surface area is 131 Å². The molecule has 112 valence electrons. The van der Waals surface area contributed by atoms with E-state index in [1.54, 1.807) is 7.11 Å². The van der Waals surface area contributed by atoms with Gasteiger partial charge in [-0.15, -0.1) is 0 Å². The van der Waals surface area contributed by atoms with E-state index in [-0.39, 0.29) is 0 Å². The van der Waals surface area contributed by atoms with Crippen molar-refractivity contribution in [3.63, 3.8) is 0 Å². The molecule has 1 aliphatic rings. The SMILES string of the molecule is COc1cccc(CC(CBr)CCCC2CCCO2)c1. The molecule has 1 saturated heterocycles. The summed E-state index contributed by atoms with van der Waals surface area (Å²) in [5.74, 6) is 1.65. The lowest BCUT2D eigenvalue weighted by Gasteiger charge is -2.16. The van der Waals surface area contributed by atoms with E-state index in [1.165, 1.54) is 37.7 Å². The Morgan fingerprint density at radius 2 is 2.35 bits per heavy atom. The number of hydrogen-bond acceptors (Lipinski definition) is 2. The van der Waals surface area contributed by atoms with E-state index in [4.69, 9.17) is 9.47 Å². The molecule has 1 aromatic rings. The van der Waals surface area contributed by atoms with Crippen LogP contribution in [-0.4, -0.2) is 25.2 Å². The van der Waals surface area contributed by atoms with E-state index in [9.17, 15) is 0 Å². The molecular weight excluding hydrogens is 316 g/mol. The Morgan fingerprint density at radius 1 is 1.45 bits per heavy atom. The number of hydrogen-bond donors (Lipinski definition) is 0. The summed E-state index contributed by atoms with van der Waals surface area (Å²) in [6.45, 7) is 0.969. The molecule has 20 heavy (non-hydrogen) atoms. The third-order valence-electron chi connectivity index (χ3n) is 4.04. The van der Waals surface area contributed by atoms with Crippen LogP contribution in [0.4, 0.5) is 0 Å². The molecule has 0 bridgehead atoms. The molecule has 0 amide bonds. The Balaban J connectivity index is 1.75. The Morgan fingerprint density at radius 3 is 3.05 bits per heavy atom. The minimum Gasteiger partial charge on any atom is -0.497 e. The molecule has 0 radical (unpaired) electrons. The van der Waals surface area contributed by atoms with Crippen molar-refractivity contribution in [3.05, 3.63) is 29.8 Å². The lowest BCUT2D eigenvalue weighted by molar-refractivity contribution is 0.101. The molecule has 3 heteroatoms. The molecular formula is C17H25BrO2. The molecule has 2 nitrogen and oxygen atoms in total. The number of alkyl halides is 1. The molecule has 1 aliphatic heterocycles. The fourth-order valence-corrected chi connectivity index (χ4v) is 3.43. The van der Waals surface area contributed by atoms with Gasteiger partial charge in [0.25, 0.3) is 0 Å². The monoisotopic (exact) mass is 340 g/mol. The second-order valence-electron chi connectivity index (χ2n) is 5.64. The van der Waals surface area contributed by atoms with Crippen LogP contribution in [0.25, 0.3) is 0 Å². The van der Waals surface area contributed by atoms with E-state index < -0.39 is 0 Å². The minimum absolute atomic E-state index is 0.530. The van der Waals surface area contributed by atoms with Crippen molar-refractivity contribution in [3.8, 4) is 5.75 Å². The summed E-state index contributed by atoms with van der Waals surface area (Å²) in [4.78, 5) is 0. The first-order chi connectivity index (χ1) is 9.81. The predicted octanol–water partition coefficient (Wildman–Crippen LogP) is 4.60. The summed E-state index contributed by atoms with van der Waals surface area (Å²) in [5, 5.41) is 1.07. The van der Waals surface area contributed by atoms with E-state index in [0.29, 0.717) is 12.0 Å². The summed E-state index contributed by atoms with van der Waals surface area (Å²) in [7, 11) is 1.72. The molecule has 2 atom stereocenters. The number of halogens is 1. The zero-order valence-corrected chi connectivity index (χ0v) is 13.9. The topological polar surface area (TPSA) is 18.5 Å². The predicted molar refractivity (Wildman–Crippen MR) is 86.8 cm³/mol. The highest BCUT2D eigenvalue weighted by Crippen LogP contribution is 2.23. The Hall–Kier alpha value is -0.540. The Kier molecular flexibility index (Phi) is 6.88. The highest BCUT2D eigenvalue weighted by molar-refractivity contribution is 9.09. The van der Waals surface area contributed by atoms with Gasteiger partial charge in [-0.05, 0) is 55.7 Å². The van der Waals surface area contributed by atoms with Gasteiger partial charge in [-0.2, -0.15) is 0 Å². The summed E-state index contributed by atoms with van der Waals surface area (Å²) < 4.78 is 11.0. The zero-order chi connectivity index (χ0) is 14.2. The van der Waals surface area contributed by atoms with Crippen molar-refractivity contribution in [1.29, 1.82) is 0 Å². The molecule has 0 aliphatic carbocycles. The number of methoxy groups -OCH3 is 1. The Bertz CT molecular complexity index is 388. The van der Waals surface area contributed by atoms with E-state index in [1.807, 2.05) is 6.07 Å². The van der Waals surface area contributed by atoms with Gasteiger partial charge in [0.2, 0.25) is 0 Å². The quantitative estimate of drug-likeness (QED) is 0.644. The van der Waals surface area contributed by atoms with Crippen molar-refractivity contribution in [2.45, 2.75) is 44.6 Å². The molecule has 0 aromatic heterocycles. The van der Waals surface area contributed by atoms with Gasteiger partial charge in [0.1, 0.15) is 5.75 Å². The maximum Gasteiger partial charge on any atom is 0.119 e. The summed E-state index contributed by atoms with van der Waals surface area (Å²) in [6.07, 6.45) is 7.91. The maximum atomic E-state index is 5.69. The standard InChI is InChI=1S/C17H25BrO2/c1-19-17-8-2-5-14(12-17)11-15(13-18)6-3-7-16-9-4-10-20-16/h2,5,8,12,15-16H,3-4,6-7,9-11,13H2,1H3. The van der Waals surface area contributed by atoms with Gasteiger partial charge >= 0.3 is 0 Å². The fourth-order valence-electron chi connectivity index (χ4n) is 2.87. The maximum absolute atomic E-state index is 5.69. The van der Waals surface area contributed by atoms with Crippen LogP contribution in [0, 0.1) is 5.92 Å². The van der Waals surface area contributed by atoms with Crippen LogP contribution in [-0.2, 0) is 11.2 Å². The van der Waals surface area contributed by atoms with Gasteiger partial charge in [-0.3, -0.25) is 0 Å². The van der Waals surface area contributed by atoms with Crippen molar-refractivity contribution in [1.82, 2.24) is 0 Å². The van der Waals surface area contributed by atoms with E-state index >= 15 is 0 Å². The lowest BCUT2D eigenvalue weighted by atomic mass is 9.94. The fraction of sp³-hybridized carbons (Fsp3) is 0.647. The van der Waals surface area contributed by atoms with Gasteiger partial charge in [0, 0.05) is 11.9 Å². The summed E-state index contributed by atoms with van der Waals surface area (Å²) in [5.41, 5.74) is 1.37. The summed E-state index contributed by atoms with van der Waals surface area (Å²) in [6, 6.07) is 8.42.